The minimum absolute atomic E-state index is 0.122. The smallest absolute Gasteiger partial charge is 0.250 e. The molecule has 3 aromatic rings. The second-order valence-corrected chi connectivity index (χ2v) is 7.68. The number of thioether (sulfide) groups is 1. The third-order valence-corrected chi connectivity index (χ3v) is 5.10. The zero-order valence-electron chi connectivity index (χ0n) is 16.5. The van der Waals surface area contributed by atoms with Gasteiger partial charge in [-0.1, -0.05) is 23.8 Å². The standard InChI is InChI=1S/C22H22N4O2S/c1-14-4-9-20-19(10-14)21(11-15(2)24-20)29-13-22(28)26-23-12-17-5-7-18(8-6-17)25-16(3)27/h4-12H,13H2,1-3H3,(H,25,27)(H,26,28)/b23-12-. The van der Waals surface area contributed by atoms with Gasteiger partial charge in [0.15, 0.2) is 0 Å². The van der Waals surface area contributed by atoms with Crippen LogP contribution in [0.15, 0.2) is 58.5 Å². The molecule has 0 fully saturated rings. The van der Waals surface area contributed by atoms with Crippen molar-refractivity contribution in [1.29, 1.82) is 0 Å². The molecule has 0 radical (unpaired) electrons. The van der Waals surface area contributed by atoms with Gasteiger partial charge in [0, 0.05) is 28.6 Å². The topological polar surface area (TPSA) is 83.5 Å². The molecule has 2 amide bonds. The van der Waals surface area contributed by atoms with Crippen molar-refractivity contribution in [3.63, 3.8) is 0 Å². The Bertz CT molecular complexity index is 1080. The van der Waals surface area contributed by atoms with Gasteiger partial charge in [-0.05, 0) is 49.7 Å². The summed E-state index contributed by atoms with van der Waals surface area (Å²) in [5, 5.41) is 7.75. The third-order valence-electron chi connectivity index (χ3n) is 4.05. The second kappa shape index (κ2) is 9.34. The molecule has 0 spiro atoms. The summed E-state index contributed by atoms with van der Waals surface area (Å²) in [5.41, 5.74) is 7.08. The fourth-order valence-corrected chi connectivity index (χ4v) is 3.69. The van der Waals surface area contributed by atoms with Gasteiger partial charge in [0.2, 0.25) is 11.8 Å². The quantitative estimate of drug-likeness (QED) is 0.367. The Labute approximate surface area is 173 Å². The molecule has 2 aromatic carbocycles. The number of carbonyl (C=O) groups is 2. The minimum Gasteiger partial charge on any atom is -0.326 e. The van der Waals surface area contributed by atoms with E-state index in [0.717, 1.165) is 32.6 Å². The molecule has 7 heteroatoms. The molecule has 0 saturated carbocycles. The Morgan fingerprint density at radius 1 is 1.10 bits per heavy atom. The molecule has 148 valence electrons. The number of fused-ring (bicyclic) bond motifs is 1. The highest BCUT2D eigenvalue weighted by Crippen LogP contribution is 2.28. The van der Waals surface area contributed by atoms with Crippen LogP contribution in [0.2, 0.25) is 0 Å². The van der Waals surface area contributed by atoms with E-state index in [1.807, 2.05) is 44.2 Å². The van der Waals surface area contributed by atoms with E-state index >= 15 is 0 Å². The van der Waals surface area contributed by atoms with Gasteiger partial charge in [0.05, 0.1) is 17.5 Å². The Hall–Kier alpha value is -3.19. The summed E-state index contributed by atoms with van der Waals surface area (Å²) in [5.74, 6) is -0.0504. The van der Waals surface area contributed by atoms with Crippen molar-refractivity contribution in [2.24, 2.45) is 5.10 Å². The van der Waals surface area contributed by atoms with Crippen molar-refractivity contribution < 1.29 is 9.59 Å². The Kier molecular flexibility index (Phi) is 6.61. The molecule has 0 saturated heterocycles. The lowest BCUT2D eigenvalue weighted by atomic mass is 10.1. The van der Waals surface area contributed by atoms with Gasteiger partial charge in [-0.25, -0.2) is 5.43 Å². The first-order valence-corrected chi connectivity index (χ1v) is 10.1. The lowest BCUT2D eigenvalue weighted by molar-refractivity contribution is -0.118. The monoisotopic (exact) mass is 406 g/mol. The van der Waals surface area contributed by atoms with Crippen molar-refractivity contribution in [2.75, 3.05) is 11.1 Å². The molecule has 1 heterocycles. The van der Waals surface area contributed by atoms with Crippen molar-refractivity contribution in [2.45, 2.75) is 25.7 Å². The summed E-state index contributed by atoms with van der Waals surface area (Å²) in [7, 11) is 0. The molecule has 0 aliphatic carbocycles. The average Bonchev–Trinajstić information content (AvgIpc) is 2.67. The van der Waals surface area contributed by atoms with Crippen molar-refractivity contribution in [3.8, 4) is 0 Å². The number of hydrogen-bond donors (Lipinski definition) is 2. The normalized spacial score (nSPS) is 11.0. The highest BCUT2D eigenvalue weighted by Gasteiger charge is 2.08. The van der Waals surface area contributed by atoms with E-state index in [-0.39, 0.29) is 17.6 Å². The fraction of sp³-hybridized carbons (Fsp3) is 0.182. The van der Waals surface area contributed by atoms with Crippen LogP contribution in [0.3, 0.4) is 0 Å². The highest BCUT2D eigenvalue weighted by molar-refractivity contribution is 8.00. The summed E-state index contributed by atoms with van der Waals surface area (Å²) in [6, 6.07) is 15.3. The highest BCUT2D eigenvalue weighted by atomic mass is 32.2. The molecule has 0 bridgehead atoms. The SMILES string of the molecule is CC(=O)Nc1ccc(/C=N\NC(=O)CSc2cc(C)nc3ccc(C)cc23)cc1. The Morgan fingerprint density at radius 2 is 1.86 bits per heavy atom. The molecule has 29 heavy (non-hydrogen) atoms. The number of hydrazone groups is 1. The first-order chi connectivity index (χ1) is 13.9. The number of amides is 2. The summed E-state index contributed by atoms with van der Waals surface area (Å²) in [6.07, 6.45) is 1.56. The van der Waals surface area contributed by atoms with E-state index in [1.54, 1.807) is 18.3 Å². The van der Waals surface area contributed by atoms with Gasteiger partial charge in [0.1, 0.15) is 0 Å². The van der Waals surface area contributed by atoms with Crippen LogP contribution in [-0.2, 0) is 9.59 Å². The zero-order chi connectivity index (χ0) is 20.8. The summed E-state index contributed by atoms with van der Waals surface area (Å²) >= 11 is 1.47. The molecule has 0 aliphatic heterocycles. The summed E-state index contributed by atoms with van der Waals surface area (Å²) in [6.45, 7) is 5.45. The molecule has 6 nitrogen and oxygen atoms in total. The number of aryl methyl sites for hydroxylation is 2. The number of nitrogens with one attached hydrogen (secondary N) is 2. The van der Waals surface area contributed by atoms with E-state index in [9.17, 15) is 9.59 Å². The lowest BCUT2D eigenvalue weighted by Gasteiger charge is -2.08. The maximum atomic E-state index is 12.2. The number of aromatic nitrogens is 1. The van der Waals surface area contributed by atoms with Crippen LogP contribution in [0, 0.1) is 13.8 Å². The van der Waals surface area contributed by atoms with Crippen LogP contribution >= 0.6 is 11.8 Å². The summed E-state index contributed by atoms with van der Waals surface area (Å²) in [4.78, 5) is 28.8. The van der Waals surface area contributed by atoms with Crippen LogP contribution in [0.5, 0.6) is 0 Å². The number of rotatable bonds is 6. The number of nitrogens with zero attached hydrogens (tertiary/aromatic N) is 2. The maximum absolute atomic E-state index is 12.2. The van der Waals surface area contributed by atoms with Crippen LogP contribution in [-0.4, -0.2) is 28.8 Å². The van der Waals surface area contributed by atoms with E-state index < -0.39 is 0 Å². The van der Waals surface area contributed by atoms with Crippen molar-refractivity contribution in [1.82, 2.24) is 10.4 Å². The number of anilines is 1. The van der Waals surface area contributed by atoms with E-state index in [4.69, 9.17) is 0 Å². The van der Waals surface area contributed by atoms with E-state index in [1.165, 1.54) is 18.7 Å². The second-order valence-electron chi connectivity index (χ2n) is 6.67. The summed E-state index contributed by atoms with van der Waals surface area (Å²) < 4.78 is 0. The minimum atomic E-state index is -0.184. The molecule has 2 N–H and O–H groups in total. The lowest BCUT2D eigenvalue weighted by Crippen LogP contribution is -2.19. The molecule has 0 atom stereocenters. The van der Waals surface area contributed by atoms with E-state index in [0.29, 0.717) is 5.69 Å². The third kappa shape index (κ3) is 5.89. The van der Waals surface area contributed by atoms with Gasteiger partial charge in [-0.2, -0.15) is 5.10 Å². The number of pyridine rings is 1. The molecule has 1 aromatic heterocycles. The van der Waals surface area contributed by atoms with Gasteiger partial charge in [-0.3, -0.25) is 14.6 Å². The molecular weight excluding hydrogens is 384 g/mol. The first kappa shape index (κ1) is 20.5. The van der Waals surface area contributed by atoms with Crippen molar-refractivity contribution in [3.05, 3.63) is 65.4 Å². The van der Waals surface area contributed by atoms with Gasteiger partial charge < -0.3 is 5.32 Å². The van der Waals surface area contributed by atoms with E-state index in [2.05, 4.69) is 26.9 Å². The largest absolute Gasteiger partial charge is 0.326 e. The van der Waals surface area contributed by atoms with Gasteiger partial charge in [0.25, 0.3) is 0 Å². The molecular formula is C22H22N4O2S. The number of hydrogen-bond acceptors (Lipinski definition) is 5. The van der Waals surface area contributed by atoms with Gasteiger partial charge in [-0.15, -0.1) is 11.8 Å². The predicted molar refractivity (Wildman–Crippen MR) is 118 cm³/mol. The van der Waals surface area contributed by atoms with Crippen LogP contribution in [0.1, 0.15) is 23.7 Å². The van der Waals surface area contributed by atoms with Crippen molar-refractivity contribution >= 4 is 46.4 Å². The average molecular weight is 407 g/mol. The number of benzene rings is 2. The molecule has 0 aliphatic rings. The van der Waals surface area contributed by atoms with Gasteiger partial charge >= 0.3 is 0 Å². The zero-order valence-corrected chi connectivity index (χ0v) is 17.3. The van der Waals surface area contributed by atoms with Crippen LogP contribution in [0.25, 0.3) is 10.9 Å². The van der Waals surface area contributed by atoms with Crippen LogP contribution in [0.4, 0.5) is 5.69 Å². The Balaban J connectivity index is 1.58. The Morgan fingerprint density at radius 3 is 2.59 bits per heavy atom. The maximum Gasteiger partial charge on any atom is 0.250 e. The van der Waals surface area contributed by atoms with Crippen LogP contribution < -0.4 is 10.7 Å². The molecule has 3 rings (SSSR count). The molecule has 0 unspecified atom stereocenters. The number of carbonyl (C=O) groups excluding carboxylic acids is 2. The first-order valence-electron chi connectivity index (χ1n) is 9.11. The fourth-order valence-electron chi connectivity index (χ4n) is 2.76. The predicted octanol–water partition coefficient (Wildman–Crippen LogP) is 4.05.